The minimum Gasteiger partial charge on any atom is -0.355 e. The van der Waals surface area contributed by atoms with Crippen LogP contribution in [0.15, 0.2) is 42.5 Å². The van der Waals surface area contributed by atoms with Crippen molar-refractivity contribution >= 4 is 23.4 Å². The smallest absolute Gasteiger partial charge is 0.253 e. The van der Waals surface area contributed by atoms with E-state index in [1.807, 2.05) is 55.1 Å². The highest BCUT2D eigenvalue weighted by atomic mass is 35.5. The highest BCUT2D eigenvalue weighted by molar-refractivity contribution is 6.30. The second-order valence-electron chi connectivity index (χ2n) is 7.63. The van der Waals surface area contributed by atoms with Gasteiger partial charge in [0, 0.05) is 30.2 Å². The van der Waals surface area contributed by atoms with Crippen molar-refractivity contribution in [3.63, 3.8) is 0 Å². The molecule has 3 rings (SSSR count). The fraction of sp³-hybridized carbons (Fsp3) is 0.391. The standard InChI is InChI=1S/C23H27ClN2O2/c1-16-12-17(2)14-20(13-16)23(28)26-11-3-4-19(15-26)22(27)25-10-9-18-5-7-21(24)8-6-18/h5-8,12-14,19H,3-4,9-11,15H2,1-2H3,(H,25,27)/t19-/m1/s1. The molecule has 0 radical (unpaired) electrons. The van der Waals surface area contributed by atoms with Crippen molar-refractivity contribution in [1.82, 2.24) is 10.2 Å². The molecule has 1 fully saturated rings. The van der Waals surface area contributed by atoms with Crippen LogP contribution in [0.3, 0.4) is 0 Å². The number of piperidine rings is 1. The Kier molecular flexibility index (Phi) is 6.74. The Hall–Kier alpha value is -2.33. The van der Waals surface area contributed by atoms with Crippen LogP contribution in [-0.4, -0.2) is 36.3 Å². The fourth-order valence-corrected chi connectivity index (χ4v) is 3.91. The molecule has 2 amide bonds. The maximum Gasteiger partial charge on any atom is 0.253 e. The summed E-state index contributed by atoms with van der Waals surface area (Å²) in [6.45, 7) is 5.77. The summed E-state index contributed by atoms with van der Waals surface area (Å²) < 4.78 is 0. The van der Waals surface area contributed by atoms with E-state index in [0.717, 1.165) is 36.0 Å². The molecule has 4 nitrogen and oxygen atoms in total. The molecule has 1 atom stereocenters. The number of carbonyl (C=O) groups excluding carboxylic acids is 2. The largest absolute Gasteiger partial charge is 0.355 e. The average molecular weight is 399 g/mol. The summed E-state index contributed by atoms with van der Waals surface area (Å²) in [5, 5.41) is 3.73. The Morgan fingerprint density at radius 2 is 1.79 bits per heavy atom. The number of hydrogen-bond donors (Lipinski definition) is 1. The molecular formula is C23H27ClN2O2. The molecule has 0 bridgehead atoms. The summed E-state index contributed by atoms with van der Waals surface area (Å²) >= 11 is 5.90. The van der Waals surface area contributed by atoms with Crippen molar-refractivity contribution in [3.8, 4) is 0 Å². The summed E-state index contributed by atoms with van der Waals surface area (Å²) in [5.41, 5.74) is 4.01. The van der Waals surface area contributed by atoms with E-state index in [1.54, 1.807) is 0 Å². The van der Waals surface area contributed by atoms with E-state index < -0.39 is 0 Å². The van der Waals surface area contributed by atoms with E-state index in [1.165, 1.54) is 0 Å². The van der Waals surface area contributed by atoms with Gasteiger partial charge >= 0.3 is 0 Å². The zero-order chi connectivity index (χ0) is 20.1. The number of aryl methyl sites for hydroxylation is 2. The fourth-order valence-electron chi connectivity index (χ4n) is 3.78. The lowest BCUT2D eigenvalue weighted by Crippen LogP contribution is -2.45. The molecule has 0 saturated carbocycles. The van der Waals surface area contributed by atoms with Gasteiger partial charge in [0.05, 0.1) is 5.92 Å². The summed E-state index contributed by atoms with van der Waals surface area (Å²) in [5.74, 6) is -0.0915. The van der Waals surface area contributed by atoms with Gasteiger partial charge in [-0.15, -0.1) is 0 Å². The van der Waals surface area contributed by atoms with Crippen LogP contribution >= 0.6 is 11.6 Å². The van der Waals surface area contributed by atoms with Gasteiger partial charge in [0.25, 0.3) is 5.91 Å². The monoisotopic (exact) mass is 398 g/mol. The second kappa shape index (κ2) is 9.24. The molecule has 28 heavy (non-hydrogen) atoms. The van der Waals surface area contributed by atoms with Gasteiger partial charge in [-0.1, -0.05) is 40.9 Å². The van der Waals surface area contributed by atoms with Crippen molar-refractivity contribution in [3.05, 3.63) is 69.7 Å². The molecule has 1 heterocycles. The number of benzene rings is 2. The highest BCUT2D eigenvalue weighted by Crippen LogP contribution is 2.20. The third-order valence-corrected chi connectivity index (χ3v) is 5.43. The lowest BCUT2D eigenvalue weighted by Gasteiger charge is -2.32. The minimum atomic E-state index is -0.145. The van der Waals surface area contributed by atoms with Gasteiger partial charge in [0.2, 0.25) is 5.91 Å². The van der Waals surface area contributed by atoms with E-state index in [9.17, 15) is 9.59 Å². The molecule has 1 N–H and O–H groups in total. The van der Waals surface area contributed by atoms with Crippen LogP contribution in [0.1, 0.15) is 39.9 Å². The number of hydrogen-bond acceptors (Lipinski definition) is 2. The Morgan fingerprint density at radius 1 is 1.11 bits per heavy atom. The molecule has 2 aromatic carbocycles. The molecule has 1 aliphatic rings. The molecular weight excluding hydrogens is 372 g/mol. The molecule has 0 aliphatic carbocycles. The second-order valence-corrected chi connectivity index (χ2v) is 8.07. The van der Waals surface area contributed by atoms with Crippen LogP contribution in [0.25, 0.3) is 0 Å². The number of carbonyl (C=O) groups is 2. The van der Waals surface area contributed by atoms with Gasteiger partial charge in [-0.25, -0.2) is 0 Å². The first kappa shape index (κ1) is 20.4. The van der Waals surface area contributed by atoms with Gasteiger partial charge in [0.15, 0.2) is 0 Å². The third-order valence-electron chi connectivity index (χ3n) is 5.17. The summed E-state index contributed by atoms with van der Waals surface area (Å²) in [7, 11) is 0. The summed E-state index contributed by atoms with van der Waals surface area (Å²) in [4.78, 5) is 27.3. The zero-order valence-corrected chi connectivity index (χ0v) is 17.3. The van der Waals surface area contributed by atoms with Crippen LogP contribution in [0.4, 0.5) is 0 Å². The molecule has 0 unspecified atom stereocenters. The van der Waals surface area contributed by atoms with Gasteiger partial charge < -0.3 is 10.2 Å². The number of amides is 2. The number of nitrogens with one attached hydrogen (secondary N) is 1. The molecule has 0 spiro atoms. The van der Waals surface area contributed by atoms with Crippen LogP contribution in [0, 0.1) is 19.8 Å². The maximum absolute atomic E-state index is 12.9. The van der Waals surface area contributed by atoms with Crippen molar-refractivity contribution in [2.45, 2.75) is 33.1 Å². The number of likely N-dealkylation sites (tertiary alicyclic amines) is 1. The summed E-state index contributed by atoms with van der Waals surface area (Å²) in [6.07, 6.45) is 2.44. The van der Waals surface area contributed by atoms with E-state index in [2.05, 4.69) is 11.4 Å². The number of halogens is 1. The predicted octanol–water partition coefficient (Wildman–Crippen LogP) is 4.17. The van der Waals surface area contributed by atoms with Crippen molar-refractivity contribution in [1.29, 1.82) is 0 Å². The van der Waals surface area contributed by atoms with Crippen LogP contribution in [0.5, 0.6) is 0 Å². The first-order valence-corrected chi connectivity index (χ1v) is 10.2. The lowest BCUT2D eigenvalue weighted by molar-refractivity contribution is -0.126. The third kappa shape index (κ3) is 5.35. The Balaban J connectivity index is 1.54. The SMILES string of the molecule is Cc1cc(C)cc(C(=O)N2CCC[C@@H](C(=O)NCCc3ccc(Cl)cc3)C2)c1. The highest BCUT2D eigenvalue weighted by Gasteiger charge is 2.28. The van der Waals surface area contributed by atoms with Crippen LogP contribution in [-0.2, 0) is 11.2 Å². The van der Waals surface area contributed by atoms with E-state index in [0.29, 0.717) is 30.2 Å². The van der Waals surface area contributed by atoms with Crippen molar-refractivity contribution < 1.29 is 9.59 Å². The van der Waals surface area contributed by atoms with Gasteiger partial charge in [-0.3, -0.25) is 9.59 Å². The Labute approximate surface area is 171 Å². The molecule has 5 heteroatoms. The lowest BCUT2D eigenvalue weighted by atomic mass is 9.96. The molecule has 2 aromatic rings. The first-order valence-electron chi connectivity index (χ1n) is 9.82. The zero-order valence-electron chi connectivity index (χ0n) is 16.5. The van der Waals surface area contributed by atoms with Crippen LogP contribution in [0.2, 0.25) is 5.02 Å². The van der Waals surface area contributed by atoms with Gasteiger partial charge in [-0.05, 0) is 62.9 Å². The van der Waals surface area contributed by atoms with Crippen molar-refractivity contribution in [2.24, 2.45) is 5.92 Å². The van der Waals surface area contributed by atoms with E-state index in [4.69, 9.17) is 11.6 Å². The first-order chi connectivity index (χ1) is 13.4. The molecule has 1 saturated heterocycles. The number of rotatable bonds is 5. The van der Waals surface area contributed by atoms with Gasteiger partial charge in [-0.2, -0.15) is 0 Å². The van der Waals surface area contributed by atoms with Gasteiger partial charge in [0.1, 0.15) is 0 Å². The van der Waals surface area contributed by atoms with E-state index in [-0.39, 0.29) is 17.7 Å². The minimum absolute atomic E-state index is 0.0189. The number of nitrogens with zero attached hydrogens (tertiary/aromatic N) is 1. The Bertz CT molecular complexity index is 828. The van der Waals surface area contributed by atoms with E-state index >= 15 is 0 Å². The Morgan fingerprint density at radius 3 is 2.46 bits per heavy atom. The van der Waals surface area contributed by atoms with Crippen LogP contribution < -0.4 is 5.32 Å². The molecule has 0 aromatic heterocycles. The summed E-state index contributed by atoms with van der Waals surface area (Å²) in [6, 6.07) is 13.6. The average Bonchev–Trinajstić information content (AvgIpc) is 2.68. The topological polar surface area (TPSA) is 49.4 Å². The normalized spacial score (nSPS) is 16.7. The maximum atomic E-state index is 12.9. The van der Waals surface area contributed by atoms with Crippen molar-refractivity contribution in [2.75, 3.05) is 19.6 Å². The predicted molar refractivity (Wildman–Crippen MR) is 113 cm³/mol. The molecule has 1 aliphatic heterocycles. The molecule has 148 valence electrons. The quantitative estimate of drug-likeness (QED) is 0.821.